The van der Waals surface area contributed by atoms with E-state index in [0.717, 1.165) is 75.5 Å². The van der Waals surface area contributed by atoms with Gasteiger partial charge in [-0.25, -0.2) is 4.52 Å². The van der Waals surface area contributed by atoms with Crippen LogP contribution in [0.4, 0.5) is 0 Å². The van der Waals surface area contributed by atoms with Crippen molar-refractivity contribution >= 4 is 22.9 Å². The van der Waals surface area contributed by atoms with Gasteiger partial charge >= 0.3 is 0 Å². The maximum Gasteiger partial charge on any atom is 0.196 e. The first-order chi connectivity index (χ1) is 15.6. The second-order valence-corrected chi connectivity index (χ2v) is 8.59. The minimum Gasteiger partial charge on any atom is -0.494 e. The van der Waals surface area contributed by atoms with Crippen LogP contribution in [-0.4, -0.2) is 36.0 Å². The summed E-state index contributed by atoms with van der Waals surface area (Å²) in [4.78, 5) is 0. The number of hydrogen-bond donors (Lipinski definition) is 0. The molecule has 0 fully saturated rings. The third-order valence-electron chi connectivity index (χ3n) is 5.43. The van der Waals surface area contributed by atoms with Crippen molar-refractivity contribution in [1.82, 2.24) is 29.4 Å². The molecule has 0 aliphatic heterocycles. The number of rotatable bonds is 8. The summed E-state index contributed by atoms with van der Waals surface area (Å²) < 4.78 is 14.9. The summed E-state index contributed by atoms with van der Waals surface area (Å²) in [7, 11) is 0. The van der Waals surface area contributed by atoms with Crippen LogP contribution in [0.5, 0.6) is 5.75 Å². The maximum atomic E-state index is 5.76. The smallest absolute Gasteiger partial charge is 0.196 e. The monoisotopic (exact) mass is 448 g/mol. The van der Waals surface area contributed by atoms with Gasteiger partial charge in [0, 0.05) is 29.3 Å². The maximum absolute atomic E-state index is 5.76. The van der Waals surface area contributed by atoms with E-state index in [-0.39, 0.29) is 0 Å². The molecule has 4 aromatic heterocycles. The number of benzene rings is 1. The molecule has 0 amide bonds. The van der Waals surface area contributed by atoms with Gasteiger partial charge in [-0.3, -0.25) is 4.40 Å². The Balaban J connectivity index is 1.40. The van der Waals surface area contributed by atoms with Crippen molar-refractivity contribution in [3.63, 3.8) is 0 Å². The van der Waals surface area contributed by atoms with E-state index in [1.807, 2.05) is 65.5 Å². The molecule has 0 bridgehead atoms. The molecular weight excluding hydrogens is 424 g/mol. The topological polar surface area (TPSA) is 82.8 Å². The molecule has 5 aromatic rings. The van der Waals surface area contributed by atoms with Crippen LogP contribution in [0, 0.1) is 13.8 Å². The van der Waals surface area contributed by atoms with Gasteiger partial charge in [-0.15, -0.1) is 10.2 Å². The van der Waals surface area contributed by atoms with Gasteiger partial charge in [0.1, 0.15) is 17.0 Å². The zero-order valence-electron chi connectivity index (χ0n) is 18.3. The molecule has 164 valence electrons. The predicted molar refractivity (Wildman–Crippen MR) is 123 cm³/mol. The van der Waals surface area contributed by atoms with Crippen LogP contribution in [0.3, 0.4) is 0 Å². The van der Waals surface area contributed by atoms with Crippen LogP contribution >= 0.6 is 11.8 Å². The fraction of sp³-hybridized carbons (Fsp3) is 0.304. The van der Waals surface area contributed by atoms with Gasteiger partial charge in [-0.05, 0) is 50.6 Å². The average Bonchev–Trinajstić information content (AvgIpc) is 3.50. The summed E-state index contributed by atoms with van der Waals surface area (Å²) in [5.74, 6) is 2.45. The molecule has 0 aliphatic carbocycles. The lowest BCUT2D eigenvalue weighted by Crippen LogP contribution is -1.96. The zero-order chi connectivity index (χ0) is 22.1. The number of hydrogen-bond acceptors (Lipinski definition) is 7. The highest BCUT2D eigenvalue weighted by atomic mass is 32.2. The molecule has 0 aliphatic rings. The third-order valence-corrected chi connectivity index (χ3v) is 6.40. The molecular formula is C23H24N6O2S. The standard InChI is InChI=1S/C23H24N6O2S/c1-4-5-12-30-18-8-6-17(7-9-18)20-13-21-22-24-25-23(28(22)10-11-29(21)26-20)32-14-19-15(2)27-31-16(19)3/h6-11,13H,4-5,12,14H2,1-3H3. The van der Waals surface area contributed by atoms with Crippen LogP contribution in [0.1, 0.15) is 36.8 Å². The van der Waals surface area contributed by atoms with Crippen molar-refractivity contribution in [1.29, 1.82) is 0 Å². The molecule has 4 heterocycles. The Morgan fingerprint density at radius 1 is 1.09 bits per heavy atom. The van der Waals surface area contributed by atoms with Gasteiger partial charge in [0.25, 0.3) is 0 Å². The lowest BCUT2D eigenvalue weighted by atomic mass is 10.1. The summed E-state index contributed by atoms with van der Waals surface area (Å²) in [6.07, 6.45) is 6.05. The number of nitrogens with zero attached hydrogens (tertiary/aromatic N) is 6. The van der Waals surface area contributed by atoms with Crippen molar-refractivity contribution in [2.24, 2.45) is 0 Å². The first-order valence-electron chi connectivity index (χ1n) is 10.6. The van der Waals surface area contributed by atoms with Gasteiger partial charge in [0.15, 0.2) is 10.8 Å². The van der Waals surface area contributed by atoms with Crippen LogP contribution in [0.2, 0.25) is 0 Å². The molecule has 9 heteroatoms. The van der Waals surface area contributed by atoms with E-state index in [1.54, 1.807) is 11.8 Å². The van der Waals surface area contributed by atoms with Crippen LogP contribution in [0.15, 0.2) is 52.4 Å². The largest absolute Gasteiger partial charge is 0.494 e. The summed E-state index contributed by atoms with van der Waals surface area (Å²) >= 11 is 1.61. The highest BCUT2D eigenvalue weighted by molar-refractivity contribution is 7.98. The molecule has 0 unspecified atom stereocenters. The van der Waals surface area contributed by atoms with E-state index < -0.39 is 0 Å². The van der Waals surface area contributed by atoms with Crippen LogP contribution in [-0.2, 0) is 5.75 Å². The fourth-order valence-electron chi connectivity index (χ4n) is 3.53. The lowest BCUT2D eigenvalue weighted by Gasteiger charge is -2.05. The molecule has 0 atom stereocenters. The van der Waals surface area contributed by atoms with Crippen molar-refractivity contribution in [2.45, 2.75) is 44.5 Å². The molecule has 0 N–H and O–H groups in total. The number of ether oxygens (including phenoxy) is 1. The van der Waals surface area contributed by atoms with Gasteiger partial charge < -0.3 is 9.26 Å². The number of aryl methyl sites for hydroxylation is 2. The molecule has 5 rings (SSSR count). The summed E-state index contributed by atoms with van der Waals surface area (Å²) in [6.45, 7) is 6.78. The summed E-state index contributed by atoms with van der Waals surface area (Å²) in [5.41, 5.74) is 5.60. The number of fused-ring (bicyclic) bond motifs is 3. The SMILES string of the molecule is CCCCOc1ccc(-c2cc3c4nnc(SCc5c(C)noc5C)n4ccn3n2)cc1. The minimum atomic E-state index is 0.727. The molecule has 0 spiro atoms. The second kappa shape index (κ2) is 8.66. The number of unbranched alkanes of at least 4 members (excludes halogenated alkanes) is 1. The first-order valence-corrected chi connectivity index (χ1v) is 11.6. The van der Waals surface area contributed by atoms with Gasteiger partial charge in [0.05, 0.1) is 18.0 Å². The number of thioether (sulfide) groups is 1. The van der Waals surface area contributed by atoms with Crippen LogP contribution in [0.25, 0.3) is 22.4 Å². The minimum absolute atomic E-state index is 0.727. The Morgan fingerprint density at radius 3 is 2.69 bits per heavy atom. The second-order valence-electron chi connectivity index (χ2n) is 7.65. The van der Waals surface area contributed by atoms with E-state index in [1.165, 1.54) is 0 Å². The first kappa shape index (κ1) is 20.6. The van der Waals surface area contributed by atoms with Crippen LogP contribution < -0.4 is 4.74 Å². The molecule has 8 nitrogen and oxygen atoms in total. The Hall–Kier alpha value is -3.33. The van der Waals surface area contributed by atoms with Crippen molar-refractivity contribution < 1.29 is 9.26 Å². The predicted octanol–water partition coefficient (Wildman–Crippen LogP) is 5.12. The van der Waals surface area contributed by atoms with Crippen molar-refractivity contribution in [3.05, 3.63) is 59.7 Å². The number of aromatic nitrogens is 6. The molecule has 0 saturated carbocycles. The van der Waals surface area contributed by atoms with Crippen molar-refractivity contribution in [2.75, 3.05) is 6.61 Å². The highest BCUT2D eigenvalue weighted by Crippen LogP contribution is 2.28. The quantitative estimate of drug-likeness (QED) is 0.241. The van der Waals surface area contributed by atoms with Gasteiger partial charge in [-0.2, -0.15) is 5.10 Å². The fourth-order valence-corrected chi connectivity index (χ4v) is 4.60. The van der Waals surface area contributed by atoms with Gasteiger partial charge in [0.2, 0.25) is 0 Å². The molecule has 1 aromatic carbocycles. The summed E-state index contributed by atoms with van der Waals surface area (Å²) in [5, 5.41) is 18.4. The van der Waals surface area contributed by atoms with E-state index in [9.17, 15) is 0 Å². The van der Waals surface area contributed by atoms with Gasteiger partial charge in [-0.1, -0.05) is 30.3 Å². The van der Waals surface area contributed by atoms with E-state index in [4.69, 9.17) is 14.4 Å². The highest BCUT2D eigenvalue weighted by Gasteiger charge is 2.15. The molecule has 0 radical (unpaired) electrons. The Bertz CT molecular complexity index is 1350. The van der Waals surface area contributed by atoms with Crippen molar-refractivity contribution in [3.8, 4) is 17.0 Å². The van der Waals surface area contributed by atoms with E-state index in [2.05, 4.69) is 22.3 Å². The average molecular weight is 449 g/mol. The molecule has 32 heavy (non-hydrogen) atoms. The van der Waals surface area contributed by atoms with E-state index >= 15 is 0 Å². The third kappa shape index (κ3) is 3.84. The Morgan fingerprint density at radius 2 is 1.94 bits per heavy atom. The van der Waals surface area contributed by atoms with E-state index in [0.29, 0.717) is 0 Å². The summed E-state index contributed by atoms with van der Waals surface area (Å²) in [6, 6.07) is 10.1. The molecule has 0 saturated heterocycles. The normalized spacial score (nSPS) is 11.6. The lowest BCUT2D eigenvalue weighted by molar-refractivity contribution is 0.309. The zero-order valence-corrected chi connectivity index (χ0v) is 19.1. The Kier molecular flexibility index (Phi) is 5.57. The Labute approximate surface area is 189 Å².